The number of carbonyl (C=O) groups excluding carboxylic acids is 1. The van der Waals surface area contributed by atoms with Crippen molar-refractivity contribution in [2.45, 2.75) is 13.0 Å². The van der Waals surface area contributed by atoms with Crippen LogP contribution in [0.3, 0.4) is 0 Å². The first kappa shape index (κ1) is 18.1. The van der Waals surface area contributed by atoms with Crippen LogP contribution < -0.4 is 0 Å². The summed E-state index contributed by atoms with van der Waals surface area (Å²) < 4.78 is 5.22. The Morgan fingerprint density at radius 3 is 2.56 bits per heavy atom. The second-order valence-electron chi connectivity index (χ2n) is 5.07. The van der Waals surface area contributed by atoms with Crippen molar-refractivity contribution in [3.63, 3.8) is 0 Å². The van der Waals surface area contributed by atoms with E-state index in [1.807, 2.05) is 0 Å². The lowest BCUT2D eigenvalue weighted by Gasteiger charge is -2.04. The standard InChI is InChI=1S/C17H11Cl3N2O2S/c18-12-2-1-3-13(19)16(12)17-22-11(9-25-17)6-15(23)24-8-10-4-5-14(20)21-7-10/h1-5,7,9H,6,8H2. The fourth-order valence-corrected chi connectivity index (χ4v) is 3.75. The Morgan fingerprint density at radius 1 is 1.12 bits per heavy atom. The molecule has 0 aliphatic rings. The molecule has 4 nitrogen and oxygen atoms in total. The van der Waals surface area contributed by atoms with E-state index in [4.69, 9.17) is 39.5 Å². The van der Waals surface area contributed by atoms with Crippen molar-refractivity contribution in [3.05, 3.63) is 68.4 Å². The molecule has 8 heteroatoms. The summed E-state index contributed by atoms with van der Waals surface area (Å²) in [4.78, 5) is 20.3. The number of hydrogen-bond acceptors (Lipinski definition) is 5. The van der Waals surface area contributed by atoms with Crippen molar-refractivity contribution in [2.75, 3.05) is 0 Å². The van der Waals surface area contributed by atoms with Gasteiger partial charge < -0.3 is 4.74 Å². The Balaban J connectivity index is 1.63. The van der Waals surface area contributed by atoms with Crippen LogP contribution in [0.4, 0.5) is 0 Å². The molecule has 0 aliphatic heterocycles. The number of esters is 1. The summed E-state index contributed by atoms with van der Waals surface area (Å²) in [6.07, 6.45) is 1.63. The van der Waals surface area contributed by atoms with Gasteiger partial charge in [0.2, 0.25) is 0 Å². The normalized spacial score (nSPS) is 10.7. The first-order valence-electron chi connectivity index (χ1n) is 7.18. The van der Waals surface area contributed by atoms with Gasteiger partial charge in [0.05, 0.1) is 22.2 Å². The molecule has 0 saturated carbocycles. The molecule has 0 N–H and O–H groups in total. The highest BCUT2D eigenvalue weighted by Crippen LogP contribution is 2.36. The van der Waals surface area contributed by atoms with Gasteiger partial charge in [-0.25, -0.2) is 9.97 Å². The number of aromatic nitrogens is 2. The molecule has 3 rings (SSSR count). The number of hydrogen-bond donors (Lipinski definition) is 0. The Labute approximate surface area is 163 Å². The fraction of sp³-hybridized carbons (Fsp3) is 0.118. The average molecular weight is 414 g/mol. The first-order chi connectivity index (χ1) is 12.0. The summed E-state index contributed by atoms with van der Waals surface area (Å²) in [6, 6.07) is 8.66. The zero-order valence-corrected chi connectivity index (χ0v) is 15.8. The largest absolute Gasteiger partial charge is 0.460 e. The highest BCUT2D eigenvalue weighted by molar-refractivity contribution is 7.13. The lowest BCUT2D eigenvalue weighted by Crippen LogP contribution is -2.08. The lowest BCUT2D eigenvalue weighted by molar-refractivity contribution is -0.144. The van der Waals surface area contributed by atoms with Crippen LogP contribution >= 0.6 is 46.1 Å². The monoisotopic (exact) mass is 412 g/mol. The molecule has 0 radical (unpaired) electrons. The third-order valence-corrected chi connectivity index (χ3v) is 5.00. The van der Waals surface area contributed by atoms with Gasteiger partial charge in [-0.1, -0.05) is 46.9 Å². The second-order valence-corrected chi connectivity index (χ2v) is 7.13. The van der Waals surface area contributed by atoms with E-state index < -0.39 is 0 Å². The van der Waals surface area contributed by atoms with Crippen LogP contribution in [0.1, 0.15) is 11.3 Å². The Bertz CT molecular complexity index is 877. The van der Waals surface area contributed by atoms with E-state index in [1.165, 1.54) is 11.3 Å². The van der Waals surface area contributed by atoms with Crippen molar-refractivity contribution in [2.24, 2.45) is 0 Å². The van der Waals surface area contributed by atoms with Crippen LogP contribution in [0.25, 0.3) is 10.6 Å². The fourth-order valence-electron chi connectivity index (χ4n) is 2.06. The third-order valence-electron chi connectivity index (χ3n) is 3.24. The molecule has 0 fully saturated rings. The Morgan fingerprint density at radius 2 is 1.88 bits per heavy atom. The summed E-state index contributed by atoms with van der Waals surface area (Å²) in [5, 5.41) is 3.89. The van der Waals surface area contributed by atoms with Crippen molar-refractivity contribution in [3.8, 4) is 10.6 Å². The number of rotatable bonds is 5. The topological polar surface area (TPSA) is 52.1 Å². The van der Waals surface area contributed by atoms with Crippen molar-refractivity contribution in [1.29, 1.82) is 0 Å². The number of nitrogens with zero attached hydrogens (tertiary/aromatic N) is 2. The molecule has 1 aromatic carbocycles. The lowest BCUT2D eigenvalue weighted by atomic mass is 10.2. The molecular formula is C17H11Cl3N2O2S. The molecule has 0 aliphatic carbocycles. The van der Waals surface area contributed by atoms with Crippen LogP contribution in [-0.4, -0.2) is 15.9 Å². The number of ether oxygens (including phenoxy) is 1. The number of pyridine rings is 1. The summed E-state index contributed by atoms with van der Waals surface area (Å²) >= 11 is 19.5. The molecule has 0 saturated heterocycles. The zero-order chi connectivity index (χ0) is 17.8. The van der Waals surface area contributed by atoms with E-state index in [9.17, 15) is 4.79 Å². The summed E-state index contributed by atoms with van der Waals surface area (Å²) in [7, 11) is 0. The van der Waals surface area contributed by atoms with Crippen molar-refractivity contribution < 1.29 is 9.53 Å². The molecule has 0 atom stereocenters. The van der Waals surface area contributed by atoms with Gasteiger partial charge in [0, 0.05) is 22.7 Å². The van der Waals surface area contributed by atoms with Gasteiger partial charge in [-0.2, -0.15) is 0 Å². The van der Waals surface area contributed by atoms with E-state index in [0.717, 1.165) is 5.56 Å². The maximum atomic E-state index is 12.0. The van der Waals surface area contributed by atoms with Gasteiger partial charge in [-0.05, 0) is 18.2 Å². The smallest absolute Gasteiger partial charge is 0.312 e. The van der Waals surface area contributed by atoms with Gasteiger partial charge >= 0.3 is 5.97 Å². The van der Waals surface area contributed by atoms with E-state index in [-0.39, 0.29) is 19.0 Å². The molecular weight excluding hydrogens is 403 g/mol. The molecule has 0 amide bonds. The number of carbonyl (C=O) groups is 1. The van der Waals surface area contributed by atoms with Gasteiger partial charge in [0.25, 0.3) is 0 Å². The second kappa shape index (κ2) is 8.15. The summed E-state index contributed by atoms with van der Waals surface area (Å²) in [5.41, 5.74) is 2.04. The van der Waals surface area contributed by atoms with Gasteiger partial charge in [-0.3, -0.25) is 4.79 Å². The summed E-state index contributed by atoms with van der Waals surface area (Å²) in [6.45, 7) is 0.135. The van der Waals surface area contributed by atoms with E-state index in [1.54, 1.807) is 41.9 Å². The third kappa shape index (κ3) is 4.70. The molecule has 2 aromatic heterocycles. The van der Waals surface area contributed by atoms with E-state index in [2.05, 4.69) is 9.97 Å². The predicted octanol–water partition coefficient (Wildman–Crippen LogP) is 5.45. The van der Waals surface area contributed by atoms with Crippen LogP contribution in [0.15, 0.2) is 41.9 Å². The van der Waals surface area contributed by atoms with Crippen LogP contribution in [-0.2, 0) is 22.6 Å². The van der Waals surface area contributed by atoms with Crippen LogP contribution in [0.5, 0.6) is 0 Å². The Hall–Kier alpha value is -1.66. The molecule has 0 spiro atoms. The van der Waals surface area contributed by atoms with E-state index >= 15 is 0 Å². The molecule has 2 heterocycles. The number of benzene rings is 1. The maximum Gasteiger partial charge on any atom is 0.312 e. The molecule has 128 valence electrons. The van der Waals surface area contributed by atoms with Gasteiger partial charge in [0.1, 0.15) is 16.8 Å². The van der Waals surface area contributed by atoms with E-state index in [0.29, 0.717) is 31.5 Å². The first-order valence-corrected chi connectivity index (χ1v) is 9.19. The summed E-state index contributed by atoms with van der Waals surface area (Å²) in [5.74, 6) is -0.378. The minimum atomic E-state index is -0.378. The minimum Gasteiger partial charge on any atom is -0.460 e. The van der Waals surface area contributed by atoms with Crippen LogP contribution in [0.2, 0.25) is 15.2 Å². The maximum absolute atomic E-state index is 12.0. The van der Waals surface area contributed by atoms with Crippen molar-refractivity contribution >= 4 is 52.1 Å². The predicted molar refractivity (Wildman–Crippen MR) is 100 cm³/mol. The molecule has 0 bridgehead atoms. The van der Waals surface area contributed by atoms with Gasteiger partial charge in [-0.15, -0.1) is 11.3 Å². The quantitative estimate of drug-likeness (QED) is 0.412. The minimum absolute atomic E-state index is 0.0690. The van der Waals surface area contributed by atoms with Crippen molar-refractivity contribution in [1.82, 2.24) is 9.97 Å². The molecule has 3 aromatic rings. The van der Waals surface area contributed by atoms with Crippen LogP contribution in [0, 0.1) is 0 Å². The SMILES string of the molecule is O=C(Cc1csc(-c2c(Cl)cccc2Cl)n1)OCc1ccc(Cl)nc1. The highest BCUT2D eigenvalue weighted by atomic mass is 35.5. The molecule has 0 unspecified atom stereocenters. The highest BCUT2D eigenvalue weighted by Gasteiger charge is 2.14. The number of halogens is 3. The van der Waals surface area contributed by atoms with Gasteiger partial charge in [0.15, 0.2) is 0 Å². The Kier molecular flexibility index (Phi) is 5.91. The average Bonchev–Trinajstić information content (AvgIpc) is 3.02. The zero-order valence-electron chi connectivity index (χ0n) is 12.7. The number of thiazole rings is 1. The molecule has 25 heavy (non-hydrogen) atoms.